The van der Waals surface area contributed by atoms with Crippen LogP contribution in [0.5, 0.6) is 0 Å². The fraction of sp³-hybridized carbons (Fsp3) is 0.941. The molecule has 0 atom stereocenters. The Kier molecular flexibility index (Phi) is 11.7. The number of nitrogens with two attached hydrogens (primary N) is 1. The van der Waals surface area contributed by atoms with Crippen molar-refractivity contribution in [3.63, 3.8) is 0 Å². The molecule has 0 saturated heterocycles. The van der Waals surface area contributed by atoms with E-state index < -0.39 is 5.54 Å². The van der Waals surface area contributed by atoms with E-state index in [4.69, 9.17) is 26.8 Å². The topological polar surface area (TPSA) is 73.6 Å². The van der Waals surface area contributed by atoms with Crippen LogP contribution in [0.1, 0.15) is 57.8 Å². The van der Waals surface area contributed by atoms with Crippen LogP contribution >= 0.6 is 11.6 Å². The van der Waals surface area contributed by atoms with E-state index in [0.29, 0.717) is 26.4 Å². The molecule has 1 rings (SSSR count). The molecule has 1 saturated carbocycles. The number of unbranched alkanes of at least 4 members (excludes halogenated alkanes) is 3. The van der Waals surface area contributed by atoms with Gasteiger partial charge < -0.3 is 20.5 Å². The van der Waals surface area contributed by atoms with E-state index in [0.717, 1.165) is 51.0 Å². The number of halogens is 1. The van der Waals surface area contributed by atoms with Crippen LogP contribution in [0.15, 0.2) is 0 Å². The van der Waals surface area contributed by atoms with Crippen LogP contribution in [0.4, 0.5) is 0 Å². The Morgan fingerprint density at radius 1 is 0.957 bits per heavy atom. The number of hydrogen-bond donors (Lipinski definition) is 2. The average molecular weight is 349 g/mol. The first-order valence-corrected chi connectivity index (χ1v) is 9.51. The van der Waals surface area contributed by atoms with Gasteiger partial charge in [0.15, 0.2) is 0 Å². The number of ether oxygens (including phenoxy) is 2. The molecule has 1 amide bonds. The van der Waals surface area contributed by atoms with Gasteiger partial charge in [-0.25, -0.2) is 0 Å². The second-order valence-electron chi connectivity index (χ2n) is 6.30. The van der Waals surface area contributed by atoms with E-state index in [1.165, 1.54) is 19.3 Å². The summed E-state index contributed by atoms with van der Waals surface area (Å²) < 4.78 is 10.9. The van der Waals surface area contributed by atoms with E-state index in [1.54, 1.807) is 0 Å². The summed E-state index contributed by atoms with van der Waals surface area (Å²) in [5.41, 5.74) is 5.50. The monoisotopic (exact) mass is 348 g/mol. The quantitative estimate of drug-likeness (QED) is 0.396. The fourth-order valence-corrected chi connectivity index (χ4v) is 2.99. The van der Waals surface area contributed by atoms with Gasteiger partial charge >= 0.3 is 0 Å². The molecule has 1 fully saturated rings. The maximum Gasteiger partial charge on any atom is 0.240 e. The molecule has 0 aromatic carbocycles. The maximum absolute atomic E-state index is 12.1. The van der Waals surface area contributed by atoms with Gasteiger partial charge in [0.05, 0.1) is 25.4 Å². The molecular weight excluding hydrogens is 316 g/mol. The third-order valence-corrected chi connectivity index (χ3v) is 4.54. The van der Waals surface area contributed by atoms with E-state index in [2.05, 4.69) is 5.32 Å². The lowest BCUT2D eigenvalue weighted by Crippen LogP contribution is -2.55. The molecule has 1 aliphatic rings. The highest BCUT2D eigenvalue weighted by Crippen LogP contribution is 2.25. The second kappa shape index (κ2) is 13.0. The SMILES string of the molecule is NC1(C(=O)NCCOCCOCCCCCCCl)CCCCC1. The molecule has 0 bridgehead atoms. The molecule has 0 aliphatic heterocycles. The van der Waals surface area contributed by atoms with Crippen LogP contribution < -0.4 is 11.1 Å². The zero-order valence-electron chi connectivity index (χ0n) is 14.3. The summed E-state index contributed by atoms with van der Waals surface area (Å²) in [5, 5.41) is 2.88. The highest BCUT2D eigenvalue weighted by atomic mass is 35.5. The van der Waals surface area contributed by atoms with Crippen molar-refractivity contribution >= 4 is 17.5 Å². The molecule has 23 heavy (non-hydrogen) atoms. The predicted molar refractivity (Wildman–Crippen MR) is 93.8 cm³/mol. The molecule has 3 N–H and O–H groups in total. The molecule has 1 aliphatic carbocycles. The van der Waals surface area contributed by atoms with Crippen LogP contribution in [0.2, 0.25) is 0 Å². The molecule has 0 spiro atoms. The summed E-state index contributed by atoms with van der Waals surface area (Å²) in [5.74, 6) is 0.713. The molecule has 0 aromatic heterocycles. The van der Waals surface area contributed by atoms with Gasteiger partial charge in [-0.2, -0.15) is 0 Å². The van der Waals surface area contributed by atoms with E-state index in [1.807, 2.05) is 0 Å². The smallest absolute Gasteiger partial charge is 0.240 e. The second-order valence-corrected chi connectivity index (χ2v) is 6.68. The van der Waals surface area contributed by atoms with Crippen molar-refractivity contribution in [3.05, 3.63) is 0 Å². The van der Waals surface area contributed by atoms with Crippen molar-refractivity contribution < 1.29 is 14.3 Å². The van der Waals surface area contributed by atoms with Crippen molar-refractivity contribution in [2.75, 3.05) is 38.9 Å². The number of carbonyl (C=O) groups is 1. The minimum atomic E-state index is -0.662. The molecule has 5 nitrogen and oxygen atoms in total. The molecule has 6 heteroatoms. The van der Waals surface area contributed by atoms with E-state index in [9.17, 15) is 4.79 Å². The normalized spacial score (nSPS) is 17.1. The summed E-state index contributed by atoms with van der Waals surface area (Å²) in [4.78, 5) is 12.1. The van der Waals surface area contributed by atoms with Gasteiger partial charge in [0.1, 0.15) is 0 Å². The van der Waals surface area contributed by atoms with Gasteiger partial charge in [0, 0.05) is 19.0 Å². The van der Waals surface area contributed by atoms with Crippen LogP contribution in [0, 0.1) is 0 Å². The van der Waals surface area contributed by atoms with Crippen molar-refractivity contribution in [2.45, 2.75) is 63.3 Å². The summed E-state index contributed by atoms with van der Waals surface area (Å²) in [6, 6.07) is 0. The highest BCUT2D eigenvalue weighted by molar-refractivity contribution is 6.17. The van der Waals surface area contributed by atoms with Crippen molar-refractivity contribution in [1.29, 1.82) is 0 Å². The number of alkyl halides is 1. The van der Waals surface area contributed by atoms with Crippen LogP contribution in [0.3, 0.4) is 0 Å². The predicted octanol–water partition coefficient (Wildman–Crippen LogP) is 2.60. The lowest BCUT2D eigenvalue weighted by molar-refractivity contribution is -0.127. The Hall–Kier alpha value is -0.360. The number of hydrogen-bond acceptors (Lipinski definition) is 4. The molecular formula is C17H33ClN2O3. The largest absolute Gasteiger partial charge is 0.379 e. The first-order valence-electron chi connectivity index (χ1n) is 8.98. The minimum Gasteiger partial charge on any atom is -0.379 e. The molecule has 0 radical (unpaired) electrons. The van der Waals surface area contributed by atoms with Crippen LogP contribution in [-0.2, 0) is 14.3 Å². The van der Waals surface area contributed by atoms with E-state index in [-0.39, 0.29) is 5.91 Å². The summed E-state index contributed by atoms with van der Waals surface area (Å²) >= 11 is 5.61. The number of nitrogens with one attached hydrogen (secondary N) is 1. The standard InChI is InChI=1S/C17H33ClN2O3/c18-10-6-1-2-7-12-22-14-15-23-13-11-20-16(21)17(19)8-4-3-5-9-17/h1-15,19H2,(H,20,21). The summed E-state index contributed by atoms with van der Waals surface area (Å²) in [6.45, 7) is 2.95. The van der Waals surface area contributed by atoms with Gasteiger partial charge in [0.25, 0.3) is 0 Å². The average Bonchev–Trinajstić information content (AvgIpc) is 2.56. The Balaban J connectivity index is 1.87. The summed E-state index contributed by atoms with van der Waals surface area (Å²) in [7, 11) is 0. The van der Waals surface area contributed by atoms with Gasteiger partial charge in [-0.05, 0) is 25.7 Å². The molecule has 0 aromatic rings. The Bertz CT molecular complexity index is 310. The van der Waals surface area contributed by atoms with E-state index >= 15 is 0 Å². The van der Waals surface area contributed by atoms with Gasteiger partial charge in [0.2, 0.25) is 5.91 Å². The van der Waals surface area contributed by atoms with Crippen molar-refractivity contribution in [1.82, 2.24) is 5.32 Å². The van der Waals surface area contributed by atoms with Crippen LogP contribution in [-0.4, -0.2) is 50.3 Å². The molecule has 0 unspecified atom stereocenters. The third-order valence-electron chi connectivity index (χ3n) is 4.27. The first kappa shape index (κ1) is 20.7. The van der Waals surface area contributed by atoms with Crippen molar-refractivity contribution in [3.8, 4) is 0 Å². The molecule has 0 heterocycles. The highest BCUT2D eigenvalue weighted by Gasteiger charge is 2.34. The van der Waals surface area contributed by atoms with Crippen LogP contribution in [0.25, 0.3) is 0 Å². The zero-order valence-corrected chi connectivity index (χ0v) is 15.0. The van der Waals surface area contributed by atoms with Gasteiger partial charge in [-0.1, -0.05) is 32.1 Å². The Morgan fingerprint density at radius 2 is 1.61 bits per heavy atom. The maximum atomic E-state index is 12.1. The first-order chi connectivity index (χ1) is 11.2. The minimum absolute atomic E-state index is 0.0333. The lowest BCUT2D eigenvalue weighted by atomic mass is 9.82. The van der Waals surface area contributed by atoms with Crippen molar-refractivity contribution in [2.24, 2.45) is 5.73 Å². The fourth-order valence-electron chi connectivity index (χ4n) is 2.80. The third kappa shape index (κ3) is 9.50. The van der Waals surface area contributed by atoms with Gasteiger partial charge in [-0.3, -0.25) is 4.79 Å². The Morgan fingerprint density at radius 3 is 2.30 bits per heavy atom. The number of amides is 1. The Labute approximate surface area is 145 Å². The number of rotatable bonds is 13. The number of carbonyl (C=O) groups excluding carboxylic acids is 1. The van der Waals surface area contributed by atoms with Gasteiger partial charge in [-0.15, -0.1) is 11.6 Å². The zero-order chi connectivity index (χ0) is 16.8. The summed E-state index contributed by atoms with van der Waals surface area (Å²) in [6.07, 6.45) is 9.35. The lowest BCUT2D eigenvalue weighted by Gasteiger charge is -2.31. The molecule has 136 valence electrons.